The minimum Gasteiger partial charge on any atom is -0.423 e. The largest absolute Gasteiger partial charge is 0.423 e. The van der Waals surface area contributed by atoms with Crippen LogP contribution >= 0.6 is 23.1 Å². The third-order valence-electron chi connectivity index (χ3n) is 7.85. The number of halogens is 3. The zero-order valence-corrected chi connectivity index (χ0v) is 25.1. The van der Waals surface area contributed by atoms with Gasteiger partial charge in [0.1, 0.15) is 10.4 Å². The Balaban J connectivity index is 1.55. The monoisotopic (exact) mass is 610 g/mol. The van der Waals surface area contributed by atoms with Crippen molar-refractivity contribution in [3.63, 3.8) is 0 Å². The Morgan fingerprint density at radius 2 is 1.83 bits per heavy atom. The number of thiophene rings is 1. The quantitative estimate of drug-likeness (QED) is 0.0863. The van der Waals surface area contributed by atoms with Gasteiger partial charge in [-0.05, 0) is 85.0 Å². The fourth-order valence-electron chi connectivity index (χ4n) is 5.86. The predicted molar refractivity (Wildman–Crippen MR) is 162 cm³/mol. The van der Waals surface area contributed by atoms with Gasteiger partial charge in [0.15, 0.2) is 5.16 Å². The van der Waals surface area contributed by atoms with Gasteiger partial charge in [0.2, 0.25) is 0 Å². The second-order valence-electron chi connectivity index (χ2n) is 11.0. The van der Waals surface area contributed by atoms with Gasteiger partial charge >= 0.3 is 11.8 Å². The molecular formula is C32H29F3N2O3S2. The van der Waals surface area contributed by atoms with Crippen LogP contribution in [0.4, 0.5) is 13.2 Å². The number of aryl methyl sites for hydroxylation is 3. The molecular weight excluding hydrogens is 581 g/mol. The van der Waals surface area contributed by atoms with Crippen molar-refractivity contribution >= 4 is 44.3 Å². The molecule has 0 atom stereocenters. The Hall–Kier alpha value is -3.37. The van der Waals surface area contributed by atoms with Crippen molar-refractivity contribution in [2.24, 2.45) is 0 Å². The highest BCUT2D eigenvalue weighted by molar-refractivity contribution is 7.98. The lowest BCUT2D eigenvalue weighted by molar-refractivity contribution is -0.137. The van der Waals surface area contributed by atoms with Crippen LogP contribution in [-0.2, 0) is 24.8 Å². The highest BCUT2D eigenvalue weighted by Gasteiger charge is 2.35. The van der Waals surface area contributed by atoms with Gasteiger partial charge in [0, 0.05) is 22.1 Å². The van der Waals surface area contributed by atoms with Crippen LogP contribution in [0.2, 0.25) is 0 Å². The predicted octanol–water partition coefficient (Wildman–Crippen LogP) is 8.57. The molecule has 0 fully saturated rings. The average Bonchev–Trinajstić information content (AvgIpc) is 3.11. The molecule has 0 unspecified atom stereocenters. The van der Waals surface area contributed by atoms with E-state index in [0.717, 1.165) is 75.0 Å². The summed E-state index contributed by atoms with van der Waals surface area (Å²) in [5, 5.41) is 1.32. The minimum absolute atomic E-state index is 0.151. The van der Waals surface area contributed by atoms with Gasteiger partial charge < -0.3 is 4.42 Å². The highest BCUT2D eigenvalue weighted by Crippen LogP contribution is 2.38. The summed E-state index contributed by atoms with van der Waals surface area (Å²) in [5.74, 6) is 0.448. The van der Waals surface area contributed by atoms with Crippen LogP contribution in [0.3, 0.4) is 0 Å². The smallest absolute Gasteiger partial charge is 0.418 e. The molecule has 0 bridgehead atoms. The molecule has 0 aliphatic heterocycles. The summed E-state index contributed by atoms with van der Waals surface area (Å²) in [6.45, 7) is 6.13. The number of fused-ring (bicyclic) bond motifs is 4. The van der Waals surface area contributed by atoms with Crippen LogP contribution in [0.5, 0.6) is 0 Å². The Morgan fingerprint density at radius 1 is 1.07 bits per heavy atom. The zero-order valence-electron chi connectivity index (χ0n) is 23.4. The molecule has 6 rings (SSSR count). The number of alkyl halides is 3. The van der Waals surface area contributed by atoms with Gasteiger partial charge in [-0.15, -0.1) is 11.3 Å². The molecule has 2 aromatic carbocycles. The van der Waals surface area contributed by atoms with E-state index in [0.29, 0.717) is 27.8 Å². The van der Waals surface area contributed by atoms with Crippen LogP contribution in [-0.4, -0.2) is 9.55 Å². The van der Waals surface area contributed by atoms with Crippen LogP contribution in [0.15, 0.2) is 61.6 Å². The van der Waals surface area contributed by atoms with Gasteiger partial charge in [-0.1, -0.05) is 44.2 Å². The average molecular weight is 611 g/mol. The number of rotatable bonds is 5. The van der Waals surface area contributed by atoms with E-state index < -0.39 is 22.9 Å². The van der Waals surface area contributed by atoms with Crippen LogP contribution < -0.4 is 11.2 Å². The Labute approximate surface area is 248 Å². The van der Waals surface area contributed by atoms with Crippen LogP contribution in [0, 0.1) is 6.92 Å². The molecule has 3 heterocycles. The highest BCUT2D eigenvalue weighted by atomic mass is 32.2. The number of hydrogen-bond donors (Lipinski definition) is 0. The molecule has 1 aliphatic rings. The SMILES string of the molecule is Cc1cc2oc(=O)cc(CSc3nc4sc5c(c4c(=O)n3-c3ccccc3C(F)(F)F)CCCCC5)c2cc1C(C)C. The maximum atomic E-state index is 14.2. The number of benzene rings is 2. The van der Waals surface area contributed by atoms with Gasteiger partial charge in [-0.2, -0.15) is 13.2 Å². The van der Waals surface area contributed by atoms with Gasteiger partial charge in [0.25, 0.3) is 5.56 Å². The van der Waals surface area contributed by atoms with E-state index >= 15 is 0 Å². The van der Waals surface area contributed by atoms with Gasteiger partial charge in [-0.3, -0.25) is 9.36 Å². The first kappa shape index (κ1) is 28.7. The molecule has 0 saturated carbocycles. The fourth-order valence-corrected chi connectivity index (χ4v) is 8.16. The second kappa shape index (κ2) is 11.0. The topological polar surface area (TPSA) is 65.1 Å². The van der Waals surface area contributed by atoms with Gasteiger partial charge in [-0.25, -0.2) is 9.78 Å². The van der Waals surface area contributed by atoms with Crippen LogP contribution in [0.1, 0.15) is 71.7 Å². The molecule has 42 heavy (non-hydrogen) atoms. The number of aromatic nitrogens is 2. The number of hydrogen-bond acceptors (Lipinski definition) is 6. The normalized spacial score (nSPS) is 14.1. The summed E-state index contributed by atoms with van der Waals surface area (Å²) in [4.78, 5) is 33.1. The lowest BCUT2D eigenvalue weighted by atomic mass is 9.95. The molecule has 10 heteroatoms. The molecule has 3 aromatic heterocycles. The van der Waals surface area contributed by atoms with E-state index in [1.807, 2.05) is 19.1 Å². The molecule has 0 spiro atoms. The first-order chi connectivity index (χ1) is 20.0. The molecule has 0 amide bonds. The van der Waals surface area contributed by atoms with Crippen molar-refractivity contribution in [2.45, 2.75) is 75.9 Å². The summed E-state index contributed by atoms with van der Waals surface area (Å²) < 4.78 is 49.2. The summed E-state index contributed by atoms with van der Waals surface area (Å²) >= 11 is 2.61. The Bertz CT molecular complexity index is 1950. The molecule has 5 nitrogen and oxygen atoms in total. The van der Waals surface area contributed by atoms with Crippen molar-refractivity contribution < 1.29 is 17.6 Å². The van der Waals surface area contributed by atoms with Crippen molar-refractivity contribution in [3.05, 3.63) is 95.9 Å². The lowest BCUT2D eigenvalue weighted by Gasteiger charge is -2.18. The number of thioether (sulfide) groups is 1. The Kier molecular flexibility index (Phi) is 7.55. The molecule has 5 aromatic rings. The summed E-state index contributed by atoms with van der Waals surface area (Å²) in [6.07, 6.45) is -0.141. The van der Waals surface area contributed by atoms with Gasteiger partial charge in [0.05, 0.1) is 16.6 Å². The van der Waals surface area contributed by atoms with E-state index in [1.165, 1.54) is 35.6 Å². The first-order valence-electron chi connectivity index (χ1n) is 14.0. The van der Waals surface area contributed by atoms with E-state index in [2.05, 4.69) is 13.8 Å². The summed E-state index contributed by atoms with van der Waals surface area (Å²) in [6, 6.07) is 10.4. The maximum Gasteiger partial charge on any atom is 0.418 e. The zero-order chi connectivity index (χ0) is 29.8. The van der Waals surface area contributed by atoms with E-state index in [-0.39, 0.29) is 22.5 Å². The fraction of sp³-hybridized carbons (Fsp3) is 0.344. The van der Waals surface area contributed by atoms with Crippen molar-refractivity contribution in [3.8, 4) is 5.69 Å². The summed E-state index contributed by atoms with van der Waals surface area (Å²) in [7, 11) is 0. The second-order valence-corrected chi connectivity index (χ2v) is 13.1. The van der Waals surface area contributed by atoms with E-state index in [1.54, 1.807) is 0 Å². The third kappa shape index (κ3) is 5.19. The molecule has 218 valence electrons. The van der Waals surface area contributed by atoms with E-state index in [4.69, 9.17) is 9.40 Å². The summed E-state index contributed by atoms with van der Waals surface area (Å²) in [5.41, 5.74) is 1.99. The standard InChI is InChI=1S/C32H29F3N2O3S2/c1-17(2)21-15-22-19(14-27(38)40-25(22)13-18(21)3)16-41-31-36-29-28(20-9-5-4-6-12-26(20)42-29)30(39)37(31)24-11-8-7-10-23(24)32(33,34)35/h7-8,10-11,13-15,17H,4-6,9,12,16H2,1-3H3. The molecule has 0 N–H and O–H groups in total. The van der Waals surface area contributed by atoms with Crippen molar-refractivity contribution in [2.75, 3.05) is 0 Å². The number of para-hydroxylation sites is 1. The third-order valence-corrected chi connectivity index (χ3v) is 10.0. The lowest BCUT2D eigenvalue weighted by Crippen LogP contribution is -2.24. The van der Waals surface area contributed by atoms with Crippen LogP contribution in [0.25, 0.3) is 26.9 Å². The molecule has 0 radical (unpaired) electrons. The number of nitrogens with zero attached hydrogens (tertiary/aromatic N) is 2. The molecule has 1 aliphatic carbocycles. The molecule has 0 saturated heterocycles. The van der Waals surface area contributed by atoms with Crippen molar-refractivity contribution in [1.29, 1.82) is 0 Å². The van der Waals surface area contributed by atoms with E-state index in [9.17, 15) is 22.8 Å². The van der Waals surface area contributed by atoms with Crippen molar-refractivity contribution in [1.82, 2.24) is 9.55 Å². The Morgan fingerprint density at radius 3 is 2.60 bits per heavy atom. The maximum absolute atomic E-state index is 14.2. The first-order valence-corrected chi connectivity index (χ1v) is 15.8. The minimum atomic E-state index is -4.67.